The van der Waals surface area contributed by atoms with E-state index < -0.39 is 6.04 Å². The largest absolute Gasteiger partial charge is 0.506 e. The van der Waals surface area contributed by atoms with Gasteiger partial charge in [-0.1, -0.05) is 44.2 Å². The molecule has 0 aliphatic heterocycles. The summed E-state index contributed by atoms with van der Waals surface area (Å²) in [6.07, 6.45) is 2.19. The molecule has 1 unspecified atom stereocenters. The number of H-pyrrole nitrogens is 1. The van der Waals surface area contributed by atoms with Gasteiger partial charge in [-0.2, -0.15) is 0 Å². The summed E-state index contributed by atoms with van der Waals surface area (Å²) in [5, 5.41) is 16.4. The van der Waals surface area contributed by atoms with Gasteiger partial charge >= 0.3 is 0 Å². The van der Waals surface area contributed by atoms with Gasteiger partial charge in [-0.25, -0.2) is 0 Å². The van der Waals surface area contributed by atoms with E-state index in [1.807, 2.05) is 30.5 Å². The summed E-state index contributed by atoms with van der Waals surface area (Å²) in [5.41, 5.74) is 2.22. The van der Waals surface area contributed by atoms with E-state index in [0.29, 0.717) is 12.1 Å². The molecule has 2 amide bonds. The molecular weight excluding hydrogens is 342 g/mol. The second kappa shape index (κ2) is 7.95. The van der Waals surface area contributed by atoms with Crippen molar-refractivity contribution in [2.75, 3.05) is 5.32 Å². The summed E-state index contributed by atoms with van der Waals surface area (Å²) < 4.78 is 0. The molecule has 2 aromatic carbocycles. The molecule has 0 spiro atoms. The van der Waals surface area contributed by atoms with E-state index in [4.69, 9.17) is 0 Å². The number of amides is 2. The molecule has 3 aromatic rings. The minimum atomic E-state index is -0.765. The fraction of sp³-hybridized carbons (Fsp3) is 0.238. The third kappa shape index (κ3) is 4.28. The van der Waals surface area contributed by atoms with E-state index in [-0.39, 0.29) is 23.5 Å². The molecule has 0 bridgehead atoms. The van der Waals surface area contributed by atoms with Gasteiger partial charge in [0.2, 0.25) is 11.8 Å². The van der Waals surface area contributed by atoms with Crippen LogP contribution in [0.3, 0.4) is 0 Å². The number of anilines is 1. The molecule has 0 aliphatic carbocycles. The van der Waals surface area contributed by atoms with Crippen LogP contribution in [0, 0.1) is 5.92 Å². The van der Waals surface area contributed by atoms with Gasteiger partial charge in [0, 0.05) is 29.4 Å². The van der Waals surface area contributed by atoms with Crippen molar-refractivity contribution < 1.29 is 14.7 Å². The summed E-state index contributed by atoms with van der Waals surface area (Å²) in [7, 11) is 0. The standard InChI is InChI=1S/C21H23N3O3/c1-13(2)20(26)24-18(21(27)23-17-9-5-6-10-19(17)25)11-14-12-22-16-8-4-3-7-15(14)16/h3-10,12-13,18,22,25H,11H2,1-2H3,(H,23,27)(H,24,26). The Kier molecular flexibility index (Phi) is 5.45. The monoisotopic (exact) mass is 365 g/mol. The smallest absolute Gasteiger partial charge is 0.247 e. The van der Waals surface area contributed by atoms with E-state index in [1.165, 1.54) is 6.07 Å². The van der Waals surface area contributed by atoms with Gasteiger partial charge < -0.3 is 20.7 Å². The first-order valence-corrected chi connectivity index (χ1v) is 8.90. The summed E-state index contributed by atoms with van der Waals surface area (Å²) >= 11 is 0. The highest BCUT2D eigenvalue weighted by Crippen LogP contribution is 2.23. The number of carbonyl (C=O) groups is 2. The summed E-state index contributed by atoms with van der Waals surface area (Å²) in [4.78, 5) is 28.2. The minimum Gasteiger partial charge on any atom is -0.506 e. The number of fused-ring (bicyclic) bond motifs is 1. The van der Waals surface area contributed by atoms with Gasteiger partial charge in [-0.15, -0.1) is 0 Å². The van der Waals surface area contributed by atoms with Gasteiger partial charge in [-0.05, 0) is 23.8 Å². The third-order valence-corrected chi connectivity index (χ3v) is 4.42. The highest BCUT2D eigenvalue weighted by molar-refractivity contribution is 5.99. The number of phenols is 1. The molecule has 0 radical (unpaired) electrons. The Labute approximate surface area is 157 Å². The molecule has 0 saturated heterocycles. The second-order valence-electron chi connectivity index (χ2n) is 6.79. The van der Waals surface area contributed by atoms with Crippen LogP contribution in [-0.4, -0.2) is 27.9 Å². The summed E-state index contributed by atoms with van der Waals surface area (Å²) in [6, 6.07) is 13.5. The molecule has 140 valence electrons. The molecule has 1 aromatic heterocycles. The van der Waals surface area contributed by atoms with Crippen LogP contribution in [0.1, 0.15) is 19.4 Å². The number of aromatic nitrogens is 1. The average Bonchev–Trinajstić information content (AvgIpc) is 3.06. The molecule has 0 saturated carbocycles. The van der Waals surface area contributed by atoms with Crippen LogP contribution in [0.2, 0.25) is 0 Å². The van der Waals surface area contributed by atoms with Crippen LogP contribution in [-0.2, 0) is 16.0 Å². The van der Waals surface area contributed by atoms with E-state index in [1.54, 1.807) is 32.0 Å². The number of rotatable bonds is 6. The zero-order valence-electron chi connectivity index (χ0n) is 15.3. The lowest BCUT2D eigenvalue weighted by atomic mass is 10.0. The number of aromatic amines is 1. The van der Waals surface area contributed by atoms with Crippen LogP contribution in [0.5, 0.6) is 5.75 Å². The molecular formula is C21H23N3O3. The number of benzene rings is 2. The quantitative estimate of drug-likeness (QED) is 0.505. The van der Waals surface area contributed by atoms with Crippen LogP contribution in [0.4, 0.5) is 5.69 Å². The first-order valence-electron chi connectivity index (χ1n) is 8.90. The maximum absolute atomic E-state index is 12.8. The molecule has 4 N–H and O–H groups in total. The SMILES string of the molecule is CC(C)C(=O)NC(Cc1c[nH]c2ccccc12)C(=O)Nc1ccccc1O. The zero-order valence-corrected chi connectivity index (χ0v) is 15.3. The van der Waals surface area contributed by atoms with Crippen molar-refractivity contribution in [2.45, 2.75) is 26.3 Å². The highest BCUT2D eigenvalue weighted by Gasteiger charge is 2.24. The van der Waals surface area contributed by atoms with Gasteiger partial charge in [0.25, 0.3) is 0 Å². The third-order valence-electron chi connectivity index (χ3n) is 4.42. The molecule has 6 heteroatoms. The van der Waals surface area contributed by atoms with Gasteiger partial charge in [0.05, 0.1) is 5.69 Å². The van der Waals surface area contributed by atoms with Gasteiger partial charge in [0.1, 0.15) is 11.8 Å². The maximum atomic E-state index is 12.8. The average molecular weight is 365 g/mol. The Bertz CT molecular complexity index is 962. The lowest BCUT2D eigenvalue weighted by molar-refractivity contribution is -0.128. The van der Waals surface area contributed by atoms with Crippen molar-refractivity contribution in [1.82, 2.24) is 10.3 Å². The Hall–Kier alpha value is -3.28. The van der Waals surface area contributed by atoms with Crippen LogP contribution >= 0.6 is 0 Å². The Morgan fingerprint density at radius 1 is 1.04 bits per heavy atom. The molecule has 3 rings (SSSR count). The number of phenolic OH excluding ortho intramolecular Hbond substituents is 1. The lowest BCUT2D eigenvalue weighted by Gasteiger charge is -2.20. The summed E-state index contributed by atoms with van der Waals surface area (Å²) in [6.45, 7) is 3.55. The first kappa shape index (κ1) is 18.5. The number of hydrogen-bond donors (Lipinski definition) is 4. The summed E-state index contributed by atoms with van der Waals surface area (Å²) in [5.74, 6) is -0.844. The van der Waals surface area contributed by atoms with Crippen molar-refractivity contribution in [3.05, 3.63) is 60.3 Å². The second-order valence-corrected chi connectivity index (χ2v) is 6.79. The Morgan fingerprint density at radius 2 is 1.74 bits per heavy atom. The molecule has 0 aliphatic rings. The highest BCUT2D eigenvalue weighted by atomic mass is 16.3. The number of aromatic hydroxyl groups is 1. The van der Waals surface area contributed by atoms with Crippen molar-refractivity contribution >= 4 is 28.4 Å². The maximum Gasteiger partial charge on any atom is 0.247 e. The van der Waals surface area contributed by atoms with Crippen LogP contribution in [0.15, 0.2) is 54.7 Å². The molecule has 6 nitrogen and oxygen atoms in total. The molecule has 27 heavy (non-hydrogen) atoms. The Balaban J connectivity index is 1.85. The number of para-hydroxylation sites is 3. The number of nitrogens with one attached hydrogen (secondary N) is 3. The van der Waals surface area contributed by atoms with E-state index in [9.17, 15) is 14.7 Å². The van der Waals surface area contributed by atoms with Crippen molar-refractivity contribution in [1.29, 1.82) is 0 Å². The first-order chi connectivity index (χ1) is 13.0. The van der Waals surface area contributed by atoms with Crippen LogP contribution in [0.25, 0.3) is 10.9 Å². The lowest BCUT2D eigenvalue weighted by Crippen LogP contribution is -2.46. The van der Waals surface area contributed by atoms with Gasteiger partial charge in [0.15, 0.2) is 0 Å². The number of carbonyl (C=O) groups excluding carboxylic acids is 2. The fourth-order valence-corrected chi connectivity index (χ4v) is 2.87. The van der Waals surface area contributed by atoms with Crippen molar-refractivity contribution in [2.24, 2.45) is 5.92 Å². The molecule has 1 heterocycles. The predicted molar refractivity (Wildman–Crippen MR) is 106 cm³/mol. The topological polar surface area (TPSA) is 94.2 Å². The number of hydrogen-bond acceptors (Lipinski definition) is 3. The van der Waals surface area contributed by atoms with E-state index >= 15 is 0 Å². The van der Waals surface area contributed by atoms with E-state index in [2.05, 4.69) is 15.6 Å². The fourth-order valence-electron chi connectivity index (χ4n) is 2.87. The zero-order chi connectivity index (χ0) is 19.4. The predicted octanol–water partition coefficient (Wildman–Crippen LogP) is 3.20. The normalized spacial score (nSPS) is 12.1. The van der Waals surface area contributed by atoms with Gasteiger partial charge in [-0.3, -0.25) is 9.59 Å². The minimum absolute atomic E-state index is 0.0214. The van der Waals surface area contributed by atoms with E-state index in [0.717, 1.165) is 16.5 Å². The van der Waals surface area contributed by atoms with Crippen molar-refractivity contribution in [3.63, 3.8) is 0 Å². The van der Waals surface area contributed by atoms with Crippen molar-refractivity contribution in [3.8, 4) is 5.75 Å². The molecule has 0 fully saturated rings. The Morgan fingerprint density at radius 3 is 2.48 bits per heavy atom. The van der Waals surface area contributed by atoms with Crippen LogP contribution < -0.4 is 10.6 Å². The molecule has 1 atom stereocenters.